The number of aliphatic carboxylic acids is 1. The second-order valence-electron chi connectivity index (χ2n) is 13.2. The van der Waals surface area contributed by atoms with Crippen LogP contribution in [-0.4, -0.2) is 58.6 Å². The molecule has 6 heterocycles. The van der Waals surface area contributed by atoms with Crippen LogP contribution in [0.1, 0.15) is 87.0 Å². The van der Waals surface area contributed by atoms with Crippen molar-refractivity contribution in [3.05, 3.63) is 157 Å². The fourth-order valence-electron chi connectivity index (χ4n) is 6.92. The van der Waals surface area contributed by atoms with Crippen LogP contribution in [0, 0.1) is 0 Å². The summed E-state index contributed by atoms with van der Waals surface area (Å²) in [7, 11) is 0. The minimum absolute atomic E-state index is 0.146. The first kappa shape index (κ1) is 39.7. The number of amides is 4. The summed E-state index contributed by atoms with van der Waals surface area (Å²) in [5, 5.41) is 8.83. The van der Waals surface area contributed by atoms with E-state index in [0.29, 0.717) is 53.8 Å². The van der Waals surface area contributed by atoms with Gasteiger partial charge < -0.3 is 20.3 Å². The number of carbonyl (C=O) groups excluding carboxylic acids is 8. The van der Waals surface area contributed by atoms with Crippen LogP contribution in [-0.2, 0) is 14.3 Å². The minimum Gasteiger partial charge on any atom is -0.481 e. The molecule has 4 aliphatic rings. The highest BCUT2D eigenvalue weighted by atomic mass is 32.1. The zero-order valence-corrected chi connectivity index (χ0v) is 32.8. The highest BCUT2D eigenvalue weighted by molar-refractivity contribution is 7.19. The van der Waals surface area contributed by atoms with Crippen molar-refractivity contribution >= 4 is 115 Å². The molecule has 0 fully saturated rings. The molecule has 0 spiro atoms. The number of nitrogens with zero attached hydrogens (tertiary/aromatic N) is 2. The highest BCUT2D eigenvalue weighted by Gasteiger charge is 2.43. The molecule has 0 aliphatic carbocycles. The van der Waals surface area contributed by atoms with Crippen LogP contribution < -0.4 is 15.5 Å². The molecule has 2 aromatic heterocycles. The van der Waals surface area contributed by atoms with Crippen molar-refractivity contribution in [1.82, 2.24) is 0 Å². The van der Waals surface area contributed by atoms with Crippen molar-refractivity contribution < 1.29 is 57.7 Å². The van der Waals surface area contributed by atoms with Gasteiger partial charge in [-0.15, -0.1) is 22.7 Å². The molecular weight excluding hydrogens is 827 g/mol. The molecule has 11 rings (SSSR count). The van der Waals surface area contributed by atoms with E-state index in [0.717, 1.165) is 45.1 Å². The molecule has 61 heavy (non-hydrogen) atoms. The standard InChI is InChI=1S/C24H12N2O4S.C12H2O6S.C6H7N.C2H4O2/c27-21-15-11-12-16-18-17(15)19(23(29)25(21)13-7-3-1-4-8-13)31-20(18)24(30)26(22(16)28)14-9-5-2-6-10-14;13-9-3-1-2-4-6-5(3)7(11(15)17-9)19-8(6)12(16)18-10(4)14;7-6-4-2-1-3-5-6;1-2(3)4/h1-12H;1-2H;1-5H,7H2;1H3,(H,3,4). The third kappa shape index (κ3) is 6.78. The number of nitrogens with two attached hydrogens (primary N) is 1. The first-order valence-electron chi connectivity index (χ1n) is 17.9. The number of benzene rings is 5. The van der Waals surface area contributed by atoms with Gasteiger partial charge in [0.05, 0.1) is 22.5 Å². The molecule has 4 amide bonds. The summed E-state index contributed by atoms with van der Waals surface area (Å²) in [6.07, 6.45) is 0. The molecule has 0 saturated carbocycles. The number of thiophene rings is 2. The van der Waals surface area contributed by atoms with E-state index in [9.17, 15) is 38.4 Å². The maximum Gasteiger partial charge on any atom is 0.356 e. The van der Waals surface area contributed by atoms with Crippen LogP contribution in [0.5, 0.6) is 0 Å². The molecule has 15 nitrogen and oxygen atoms in total. The average Bonchev–Trinajstić information content (AvgIpc) is 3.85. The first-order valence-corrected chi connectivity index (χ1v) is 19.5. The molecule has 300 valence electrons. The maximum absolute atomic E-state index is 13.3. The fourth-order valence-corrected chi connectivity index (χ4v) is 9.19. The van der Waals surface area contributed by atoms with Crippen LogP contribution in [0.15, 0.2) is 115 Å². The van der Waals surface area contributed by atoms with E-state index in [1.54, 1.807) is 72.8 Å². The van der Waals surface area contributed by atoms with E-state index in [4.69, 9.17) is 15.6 Å². The van der Waals surface area contributed by atoms with Crippen LogP contribution in [0.2, 0.25) is 0 Å². The lowest BCUT2D eigenvalue weighted by molar-refractivity contribution is -0.134. The van der Waals surface area contributed by atoms with Gasteiger partial charge in [0, 0.05) is 45.3 Å². The Bertz CT molecular complexity index is 2900. The van der Waals surface area contributed by atoms with Crippen molar-refractivity contribution in [3.63, 3.8) is 0 Å². The summed E-state index contributed by atoms with van der Waals surface area (Å²) in [5.41, 5.74) is 8.08. The van der Waals surface area contributed by atoms with Gasteiger partial charge in [-0.05, 0) is 60.7 Å². The lowest BCUT2D eigenvalue weighted by Crippen LogP contribution is -2.41. The monoisotopic (exact) mass is 851 g/mol. The fraction of sp³-hybridized carbons (Fsp3) is 0.0227. The maximum atomic E-state index is 13.3. The molecule has 5 aromatic carbocycles. The summed E-state index contributed by atoms with van der Waals surface area (Å²) in [5.74, 6) is -5.92. The quantitative estimate of drug-likeness (QED) is 0.0750. The smallest absolute Gasteiger partial charge is 0.356 e. The third-order valence-electron chi connectivity index (χ3n) is 9.40. The Morgan fingerprint density at radius 2 is 0.770 bits per heavy atom. The van der Waals surface area contributed by atoms with E-state index >= 15 is 0 Å². The summed E-state index contributed by atoms with van der Waals surface area (Å²) >= 11 is 1.90. The number of esters is 4. The van der Waals surface area contributed by atoms with Gasteiger partial charge in [-0.25, -0.2) is 29.0 Å². The van der Waals surface area contributed by atoms with E-state index in [1.807, 2.05) is 30.3 Å². The van der Waals surface area contributed by atoms with E-state index in [-0.39, 0.29) is 20.9 Å². The van der Waals surface area contributed by atoms with Crippen molar-refractivity contribution in [3.8, 4) is 0 Å². The molecular formula is C44H25N3O12S2. The lowest BCUT2D eigenvalue weighted by atomic mass is 9.93. The van der Waals surface area contributed by atoms with Gasteiger partial charge in [0.2, 0.25) is 0 Å². The number of para-hydroxylation sites is 3. The van der Waals surface area contributed by atoms with E-state index in [2.05, 4.69) is 9.47 Å². The number of carboxylic acids is 1. The number of cyclic esters (lactones) is 4. The first-order chi connectivity index (χ1) is 29.3. The van der Waals surface area contributed by atoms with Crippen molar-refractivity contribution in [2.45, 2.75) is 6.92 Å². The number of anilines is 3. The number of carboxylic acid groups (broad SMARTS) is 1. The van der Waals surface area contributed by atoms with Crippen molar-refractivity contribution in [2.24, 2.45) is 0 Å². The summed E-state index contributed by atoms with van der Waals surface area (Å²) < 4.78 is 9.16. The summed E-state index contributed by atoms with van der Waals surface area (Å²) in [4.78, 5) is 112. The number of rotatable bonds is 2. The number of ether oxygens (including phenoxy) is 2. The van der Waals surface area contributed by atoms with Crippen LogP contribution >= 0.6 is 22.7 Å². The summed E-state index contributed by atoms with van der Waals surface area (Å²) in [6.45, 7) is 1.08. The van der Waals surface area contributed by atoms with Crippen molar-refractivity contribution in [1.29, 1.82) is 0 Å². The van der Waals surface area contributed by atoms with Crippen LogP contribution in [0.4, 0.5) is 17.1 Å². The molecule has 0 bridgehead atoms. The predicted molar refractivity (Wildman–Crippen MR) is 222 cm³/mol. The normalized spacial score (nSPS) is 14.3. The zero-order chi connectivity index (χ0) is 43.3. The highest BCUT2D eigenvalue weighted by Crippen LogP contribution is 2.45. The van der Waals surface area contributed by atoms with Gasteiger partial charge in [-0.3, -0.25) is 24.0 Å². The molecule has 7 aromatic rings. The van der Waals surface area contributed by atoms with Crippen molar-refractivity contribution in [2.75, 3.05) is 15.5 Å². The Balaban J connectivity index is 0.000000144. The second kappa shape index (κ2) is 15.6. The average molecular weight is 852 g/mol. The van der Waals surface area contributed by atoms with E-state index in [1.165, 1.54) is 12.1 Å². The Morgan fingerprint density at radius 3 is 1.11 bits per heavy atom. The second-order valence-corrected chi connectivity index (χ2v) is 15.2. The number of nitrogen functional groups attached to an aromatic ring is 1. The Labute approximate surface area is 350 Å². The molecule has 0 saturated heterocycles. The molecule has 0 unspecified atom stereocenters. The van der Waals surface area contributed by atoms with Gasteiger partial charge in [-0.1, -0.05) is 54.6 Å². The molecule has 0 atom stereocenters. The Morgan fingerprint density at radius 1 is 0.459 bits per heavy atom. The largest absolute Gasteiger partial charge is 0.481 e. The number of hydrogen-bond donors (Lipinski definition) is 2. The number of hydrogen-bond acceptors (Lipinski definition) is 14. The predicted octanol–water partition coefficient (Wildman–Crippen LogP) is 7.38. The molecule has 3 N–H and O–H groups in total. The molecule has 0 radical (unpaired) electrons. The van der Waals surface area contributed by atoms with Gasteiger partial charge in [0.15, 0.2) is 0 Å². The Hall–Kier alpha value is -8.15. The SMILES string of the molecule is CC(=O)O.Nc1ccccc1.O=C1OC(=O)c2sc3c4c(ccc1c24)C(=O)OC3=O.O=C1c2ccc3c4c(sc(c24)C(=O)N1c1ccccc1)C(=O)N(c1ccccc1)C3=O. The topological polar surface area (TPSA) is 225 Å². The third-order valence-corrected chi connectivity index (χ3v) is 11.7. The van der Waals surface area contributed by atoms with Gasteiger partial charge in [-0.2, -0.15) is 0 Å². The number of carbonyl (C=O) groups is 9. The lowest BCUT2D eigenvalue weighted by Gasteiger charge is -2.27. The minimum atomic E-state index is -0.833. The van der Waals surface area contributed by atoms with E-state index < -0.39 is 53.5 Å². The zero-order valence-electron chi connectivity index (χ0n) is 31.2. The van der Waals surface area contributed by atoms with Crippen LogP contribution in [0.25, 0.3) is 21.5 Å². The van der Waals surface area contributed by atoms with Gasteiger partial charge in [0.1, 0.15) is 19.5 Å². The van der Waals surface area contributed by atoms with Crippen LogP contribution in [0.3, 0.4) is 0 Å². The number of imide groups is 2. The molecule has 17 heteroatoms. The van der Waals surface area contributed by atoms with Gasteiger partial charge in [0.25, 0.3) is 29.6 Å². The summed E-state index contributed by atoms with van der Waals surface area (Å²) in [6, 6.07) is 32.7. The Kier molecular flexibility index (Phi) is 10.1. The molecule has 4 aliphatic heterocycles. The van der Waals surface area contributed by atoms with Gasteiger partial charge >= 0.3 is 23.9 Å².